The largest absolute Gasteiger partial charge is 0.358 e. The third-order valence-electron chi connectivity index (χ3n) is 1.69. The average molecular weight is 183 g/mol. The lowest BCUT2D eigenvalue weighted by atomic mass is 10.4. The van der Waals surface area contributed by atoms with Crippen LogP contribution in [0.1, 0.15) is 12.2 Å². The number of rotatable bonds is 4. The van der Waals surface area contributed by atoms with Gasteiger partial charge < -0.3 is 14.9 Å². The summed E-state index contributed by atoms with van der Waals surface area (Å²) in [6.45, 7) is 1.98. The van der Waals surface area contributed by atoms with Crippen molar-refractivity contribution in [1.29, 1.82) is 0 Å². The normalized spacial score (nSPS) is 9.92. The van der Waals surface area contributed by atoms with Crippen molar-refractivity contribution in [3.63, 3.8) is 0 Å². The molecule has 13 heavy (non-hydrogen) atoms. The zero-order valence-electron chi connectivity index (χ0n) is 7.14. The molecule has 6 heteroatoms. The summed E-state index contributed by atoms with van der Waals surface area (Å²) < 4.78 is 1.41. The van der Waals surface area contributed by atoms with Gasteiger partial charge in [-0.05, 0) is 4.92 Å². The Morgan fingerprint density at radius 1 is 1.77 bits per heavy atom. The van der Waals surface area contributed by atoms with Gasteiger partial charge in [-0.3, -0.25) is 0 Å². The molecule has 1 aromatic rings. The Hall–Kier alpha value is -1.72. The number of hydrogen-bond acceptors (Lipinski definition) is 4. The lowest BCUT2D eigenvalue weighted by molar-refractivity contribution is -0.392. The van der Waals surface area contributed by atoms with E-state index in [1.165, 1.54) is 10.8 Å². The summed E-state index contributed by atoms with van der Waals surface area (Å²) in [7, 11) is 0. The molecule has 0 radical (unpaired) electrons. The second-order valence-electron chi connectivity index (χ2n) is 2.53. The van der Waals surface area contributed by atoms with Gasteiger partial charge in [0.2, 0.25) is 0 Å². The van der Waals surface area contributed by atoms with Crippen LogP contribution in [0.4, 0.5) is 5.82 Å². The van der Waals surface area contributed by atoms with E-state index in [-0.39, 0.29) is 12.2 Å². The number of aromatic nitrogens is 2. The summed E-state index contributed by atoms with van der Waals surface area (Å²) in [5, 5.41) is 10.5. The molecule has 0 bridgehead atoms. The fourth-order valence-corrected chi connectivity index (χ4v) is 1.06. The standard InChI is InChI=1S/C7H9N3O3/c1-6-8-5-7(10(12)13)9(6)3-2-4-11/h4-5H,2-3H2,1H3. The van der Waals surface area contributed by atoms with Crippen LogP contribution in [0.3, 0.4) is 0 Å². The number of aryl methyl sites for hydroxylation is 1. The average Bonchev–Trinajstić information content (AvgIpc) is 2.43. The summed E-state index contributed by atoms with van der Waals surface area (Å²) in [4.78, 5) is 23.8. The highest BCUT2D eigenvalue weighted by Gasteiger charge is 2.15. The van der Waals surface area contributed by atoms with E-state index in [2.05, 4.69) is 4.98 Å². The summed E-state index contributed by atoms with van der Waals surface area (Å²) in [5.41, 5.74) is 0. The molecular formula is C7H9N3O3. The molecule has 0 aliphatic heterocycles. The smallest absolute Gasteiger partial charge is 0.342 e. The number of aldehydes is 1. The molecule has 1 heterocycles. The monoisotopic (exact) mass is 183 g/mol. The van der Waals surface area contributed by atoms with E-state index in [4.69, 9.17) is 0 Å². The van der Waals surface area contributed by atoms with E-state index in [0.717, 1.165) is 6.29 Å². The Morgan fingerprint density at radius 2 is 2.46 bits per heavy atom. The molecule has 0 saturated carbocycles. The molecule has 0 amide bonds. The first-order valence-corrected chi connectivity index (χ1v) is 3.77. The molecule has 0 unspecified atom stereocenters. The molecule has 6 nitrogen and oxygen atoms in total. The molecule has 0 atom stereocenters. The predicted octanol–water partition coefficient (Wildman–Crippen LogP) is 0.689. The topological polar surface area (TPSA) is 78.0 Å². The predicted molar refractivity (Wildman–Crippen MR) is 44.3 cm³/mol. The van der Waals surface area contributed by atoms with Gasteiger partial charge in [-0.1, -0.05) is 0 Å². The van der Waals surface area contributed by atoms with Gasteiger partial charge in [-0.2, -0.15) is 0 Å². The number of carbonyl (C=O) groups is 1. The van der Waals surface area contributed by atoms with E-state index in [1.54, 1.807) is 6.92 Å². The Morgan fingerprint density at radius 3 is 3.00 bits per heavy atom. The van der Waals surface area contributed by atoms with E-state index in [0.29, 0.717) is 12.4 Å². The SMILES string of the molecule is Cc1ncc([N+](=O)[O-])n1CCC=O. The van der Waals surface area contributed by atoms with Crippen LogP contribution in [0.25, 0.3) is 0 Å². The van der Waals surface area contributed by atoms with Crippen LogP contribution in [0.5, 0.6) is 0 Å². The van der Waals surface area contributed by atoms with E-state index in [1.807, 2.05) is 0 Å². The van der Waals surface area contributed by atoms with Crippen molar-refractivity contribution in [2.45, 2.75) is 19.9 Å². The van der Waals surface area contributed by atoms with E-state index in [9.17, 15) is 14.9 Å². The van der Waals surface area contributed by atoms with E-state index >= 15 is 0 Å². The third kappa shape index (κ3) is 1.90. The molecule has 0 aliphatic rings. The Labute approximate surface area is 74.3 Å². The molecular weight excluding hydrogens is 174 g/mol. The van der Waals surface area contributed by atoms with Crippen LogP contribution in [-0.4, -0.2) is 20.8 Å². The lowest BCUT2D eigenvalue weighted by Crippen LogP contribution is -2.05. The van der Waals surface area contributed by atoms with Gasteiger partial charge in [0.15, 0.2) is 5.82 Å². The molecule has 0 aliphatic carbocycles. The highest BCUT2D eigenvalue weighted by molar-refractivity contribution is 5.49. The number of nitro groups is 1. The summed E-state index contributed by atoms with van der Waals surface area (Å²) in [5.74, 6) is 0.480. The maximum absolute atomic E-state index is 10.5. The van der Waals surface area contributed by atoms with E-state index < -0.39 is 4.92 Å². The maximum Gasteiger partial charge on any atom is 0.342 e. The molecule has 1 aromatic heterocycles. The number of hydrogen-bond donors (Lipinski definition) is 0. The fourth-order valence-electron chi connectivity index (χ4n) is 1.06. The molecule has 70 valence electrons. The van der Waals surface area contributed by atoms with Crippen molar-refractivity contribution < 1.29 is 9.72 Å². The Kier molecular flexibility index (Phi) is 2.73. The number of carbonyl (C=O) groups excluding carboxylic acids is 1. The fraction of sp³-hybridized carbons (Fsp3) is 0.429. The van der Waals surface area contributed by atoms with Crippen molar-refractivity contribution >= 4 is 12.1 Å². The first kappa shape index (κ1) is 9.37. The van der Waals surface area contributed by atoms with Gasteiger partial charge in [0.05, 0.1) is 6.54 Å². The zero-order chi connectivity index (χ0) is 9.84. The van der Waals surface area contributed by atoms with Gasteiger partial charge >= 0.3 is 5.82 Å². The van der Waals surface area contributed by atoms with Crippen molar-refractivity contribution in [3.8, 4) is 0 Å². The molecule has 1 rings (SSSR count). The first-order chi connectivity index (χ1) is 6.16. The Balaban J connectivity index is 2.94. The molecule has 0 fully saturated rings. The van der Waals surface area contributed by atoms with Gasteiger partial charge in [-0.15, -0.1) is 0 Å². The van der Waals surface area contributed by atoms with Crippen LogP contribution >= 0.6 is 0 Å². The molecule has 0 aromatic carbocycles. The van der Waals surface area contributed by atoms with Crippen LogP contribution < -0.4 is 0 Å². The minimum Gasteiger partial charge on any atom is -0.358 e. The zero-order valence-corrected chi connectivity index (χ0v) is 7.14. The minimum absolute atomic E-state index is 0.0700. The van der Waals surface area contributed by atoms with Crippen molar-refractivity contribution in [1.82, 2.24) is 9.55 Å². The van der Waals surface area contributed by atoms with Crippen molar-refractivity contribution in [3.05, 3.63) is 22.1 Å². The quantitative estimate of drug-likeness (QED) is 0.391. The Bertz CT molecular complexity index is 332. The van der Waals surface area contributed by atoms with Crippen molar-refractivity contribution in [2.24, 2.45) is 0 Å². The van der Waals surface area contributed by atoms with Crippen LogP contribution in [0.2, 0.25) is 0 Å². The van der Waals surface area contributed by atoms with Gasteiger partial charge in [0, 0.05) is 13.3 Å². The van der Waals surface area contributed by atoms with Gasteiger partial charge in [-0.25, -0.2) is 9.55 Å². The van der Waals surface area contributed by atoms with Gasteiger partial charge in [0.1, 0.15) is 12.5 Å². The van der Waals surface area contributed by atoms with Crippen molar-refractivity contribution in [2.75, 3.05) is 0 Å². The summed E-state index contributed by atoms with van der Waals surface area (Å²) in [6.07, 6.45) is 2.18. The van der Waals surface area contributed by atoms with Gasteiger partial charge in [0.25, 0.3) is 0 Å². The molecule has 0 spiro atoms. The highest BCUT2D eigenvalue weighted by atomic mass is 16.6. The summed E-state index contributed by atoms with van der Waals surface area (Å²) in [6, 6.07) is 0. The van der Waals surface area contributed by atoms with Crippen LogP contribution in [0, 0.1) is 17.0 Å². The van der Waals surface area contributed by atoms with Crippen LogP contribution in [0.15, 0.2) is 6.20 Å². The number of nitrogens with zero attached hydrogens (tertiary/aromatic N) is 3. The lowest BCUT2D eigenvalue weighted by Gasteiger charge is -1.98. The third-order valence-corrected chi connectivity index (χ3v) is 1.69. The second-order valence-corrected chi connectivity index (χ2v) is 2.53. The highest BCUT2D eigenvalue weighted by Crippen LogP contribution is 2.13. The number of imidazole rings is 1. The molecule has 0 saturated heterocycles. The second kappa shape index (κ2) is 3.79. The first-order valence-electron chi connectivity index (χ1n) is 3.77. The maximum atomic E-state index is 10.5. The summed E-state index contributed by atoms with van der Waals surface area (Å²) >= 11 is 0. The van der Waals surface area contributed by atoms with Crippen LogP contribution in [-0.2, 0) is 11.3 Å². The minimum atomic E-state index is -0.509. The molecule has 0 N–H and O–H groups in total.